The largest absolute Gasteiger partial charge is 0.399 e. The van der Waals surface area contributed by atoms with Crippen LogP contribution in [0.1, 0.15) is 11.1 Å². The number of nitrogens with two attached hydrogens (primary N) is 1. The van der Waals surface area contributed by atoms with Gasteiger partial charge in [-0.25, -0.2) is 8.42 Å². The van der Waals surface area contributed by atoms with Crippen LogP contribution >= 0.6 is 11.5 Å². The number of nitrogens with zero attached hydrogens (tertiary/aromatic N) is 3. The maximum Gasteiger partial charge on any atom is 0.264 e. The molecule has 1 aromatic heterocycles. The van der Waals surface area contributed by atoms with Crippen molar-refractivity contribution < 1.29 is 8.42 Å². The predicted molar refractivity (Wildman–Crippen MR) is 68.8 cm³/mol. The highest BCUT2D eigenvalue weighted by Gasteiger charge is 2.20. The number of anilines is 2. The van der Waals surface area contributed by atoms with E-state index in [0.717, 1.165) is 17.1 Å². The first kappa shape index (κ1) is 12.7. The second-order valence-electron chi connectivity index (χ2n) is 3.73. The van der Waals surface area contributed by atoms with E-state index in [1.165, 1.54) is 6.07 Å². The molecule has 0 aliphatic rings. The molecule has 3 N–H and O–H groups in total. The molecule has 1 heterocycles. The van der Waals surface area contributed by atoms with E-state index in [2.05, 4.69) is 19.5 Å². The molecule has 0 unspecified atom stereocenters. The molecule has 0 aliphatic heterocycles. The van der Waals surface area contributed by atoms with E-state index in [1.54, 1.807) is 19.9 Å². The Kier molecular flexibility index (Phi) is 3.18. The quantitative estimate of drug-likeness (QED) is 0.812. The summed E-state index contributed by atoms with van der Waals surface area (Å²) in [7, 11) is -3.72. The zero-order valence-corrected chi connectivity index (χ0v) is 11.3. The summed E-state index contributed by atoms with van der Waals surface area (Å²) < 4.78 is 30.1. The lowest BCUT2D eigenvalue weighted by Crippen LogP contribution is -2.15. The van der Waals surface area contributed by atoms with Crippen molar-refractivity contribution in [3.05, 3.63) is 23.3 Å². The third kappa shape index (κ3) is 2.41. The summed E-state index contributed by atoms with van der Waals surface area (Å²) in [5.41, 5.74) is 7.52. The molecule has 0 atom stereocenters. The fourth-order valence-electron chi connectivity index (χ4n) is 1.48. The standard InChI is InChI=1S/C9H11N5O2S2/c1-5-3-7(10)4-8(6(5)2)18(15,16)12-9-11-13-14-17-9/h3-4H,10H2,1-2H3,(H,11,12,14). The smallest absolute Gasteiger partial charge is 0.264 e. The molecule has 0 saturated heterocycles. The van der Waals surface area contributed by atoms with Gasteiger partial charge in [-0.05, 0) is 42.3 Å². The van der Waals surface area contributed by atoms with Crippen molar-refractivity contribution in [2.24, 2.45) is 0 Å². The van der Waals surface area contributed by atoms with Crippen molar-refractivity contribution in [1.29, 1.82) is 0 Å². The van der Waals surface area contributed by atoms with Crippen LogP contribution in [0.25, 0.3) is 0 Å². The summed E-state index contributed by atoms with van der Waals surface area (Å²) in [6, 6.07) is 3.14. The van der Waals surface area contributed by atoms with Crippen LogP contribution in [0.5, 0.6) is 0 Å². The lowest BCUT2D eigenvalue weighted by molar-refractivity contribution is 0.600. The van der Waals surface area contributed by atoms with Gasteiger partial charge < -0.3 is 5.73 Å². The lowest BCUT2D eigenvalue weighted by Gasteiger charge is -2.11. The van der Waals surface area contributed by atoms with Gasteiger partial charge in [0.2, 0.25) is 5.13 Å². The van der Waals surface area contributed by atoms with Gasteiger partial charge in [-0.3, -0.25) is 4.72 Å². The molecule has 9 heteroatoms. The Labute approximate surface area is 108 Å². The van der Waals surface area contributed by atoms with Crippen LogP contribution < -0.4 is 10.5 Å². The number of rotatable bonds is 3. The average Bonchev–Trinajstić information content (AvgIpc) is 2.75. The summed E-state index contributed by atoms with van der Waals surface area (Å²) in [6.07, 6.45) is 0. The number of sulfonamides is 1. The number of hydrogen-bond donors (Lipinski definition) is 2. The fraction of sp³-hybridized carbons (Fsp3) is 0.222. The van der Waals surface area contributed by atoms with Gasteiger partial charge in [-0.1, -0.05) is 9.59 Å². The summed E-state index contributed by atoms with van der Waals surface area (Å²) in [5, 5.41) is 6.98. The molecule has 1 aromatic carbocycles. The molecular formula is C9H11N5O2S2. The Bertz CT molecular complexity index is 667. The molecule has 18 heavy (non-hydrogen) atoms. The van der Waals surface area contributed by atoms with E-state index < -0.39 is 10.0 Å². The van der Waals surface area contributed by atoms with Crippen LogP contribution in [0.2, 0.25) is 0 Å². The molecule has 7 nitrogen and oxygen atoms in total. The SMILES string of the molecule is Cc1cc(N)cc(S(=O)(=O)Nc2nnns2)c1C. The van der Waals surface area contributed by atoms with Crippen molar-refractivity contribution in [2.75, 3.05) is 10.5 Å². The monoisotopic (exact) mass is 285 g/mol. The fourth-order valence-corrected chi connectivity index (χ4v) is 3.41. The van der Waals surface area contributed by atoms with Gasteiger partial charge in [0.1, 0.15) is 0 Å². The van der Waals surface area contributed by atoms with E-state index >= 15 is 0 Å². The molecule has 0 amide bonds. The van der Waals surface area contributed by atoms with Crippen molar-refractivity contribution in [3.8, 4) is 0 Å². The van der Waals surface area contributed by atoms with Crippen LogP contribution in [-0.2, 0) is 10.0 Å². The number of aromatic nitrogens is 3. The molecular weight excluding hydrogens is 274 g/mol. The first-order valence-corrected chi connectivity index (χ1v) is 7.20. The molecule has 2 rings (SSSR count). The first-order valence-electron chi connectivity index (χ1n) is 4.95. The highest BCUT2D eigenvalue weighted by Crippen LogP contribution is 2.24. The number of aryl methyl sites for hydroxylation is 1. The van der Waals surface area contributed by atoms with Crippen LogP contribution in [0.15, 0.2) is 17.0 Å². The molecule has 0 radical (unpaired) electrons. The van der Waals surface area contributed by atoms with E-state index in [1.807, 2.05) is 0 Å². The molecule has 0 aliphatic carbocycles. The summed E-state index contributed by atoms with van der Waals surface area (Å²) in [6.45, 7) is 3.53. The van der Waals surface area contributed by atoms with Crippen LogP contribution in [0.3, 0.4) is 0 Å². The summed E-state index contributed by atoms with van der Waals surface area (Å²) in [5.74, 6) is 0. The number of benzene rings is 1. The van der Waals surface area contributed by atoms with Gasteiger partial charge in [0.25, 0.3) is 10.0 Å². The summed E-state index contributed by atoms with van der Waals surface area (Å²) in [4.78, 5) is 0.134. The molecule has 2 aromatic rings. The predicted octanol–water partition coefficient (Wildman–Crippen LogP) is 0.933. The van der Waals surface area contributed by atoms with Crippen molar-refractivity contribution in [2.45, 2.75) is 18.7 Å². The average molecular weight is 285 g/mol. The number of nitrogen functional groups attached to an aromatic ring is 1. The van der Waals surface area contributed by atoms with Gasteiger partial charge in [0, 0.05) is 17.2 Å². The minimum absolute atomic E-state index is 0.120. The Hall–Kier alpha value is -1.74. The number of hydrogen-bond acceptors (Lipinski definition) is 7. The maximum absolute atomic E-state index is 12.2. The van der Waals surface area contributed by atoms with Crippen LogP contribution in [0.4, 0.5) is 10.8 Å². The van der Waals surface area contributed by atoms with Crippen molar-refractivity contribution in [1.82, 2.24) is 14.8 Å². The second-order valence-corrected chi connectivity index (χ2v) is 6.12. The van der Waals surface area contributed by atoms with Crippen LogP contribution in [-0.4, -0.2) is 23.2 Å². The third-order valence-electron chi connectivity index (χ3n) is 2.45. The molecule has 0 bridgehead atoms. The Morgan fingerprint density at radius 1 is 1.33 bits per heavy atom. The van der Waals surface area contributed by atoms with Crippen molar-refractivity contribution >= 4 is 32.4 Å². The minimum Gasteiger partial charge on any atom is -0.399 e. The lowest BCUT2D eigenvalue weighted by atomic mass is 10.1. The maximum atomic E-state index is 12.2. The topological polar surface area (TPSA) is 111 Å². The molecule has 0 fully saturated rings. The van der Waals surface area contributed by atoms with Gasteiger partial charge >= 0.3 is 0 Å². The highest BCUT2D eigenvalue weighted by atomic mass is 32.2. The van der Waals surface area contributed by atoms with E-state index in [-0.39, 0.29) is 10.0 Å². The Morgan fingerprint density at radius 3 is 2.67 bits per heavy atom. The third-order valence-corrected chi connectivity index (χ3v) is 4.56. The summed E-state index contributed by atoms with van der Waals surface area (Å²) >= 11 is 0.865. The number of nitrogens with one attached hydrogen (secondary N) is 1. The van der Waals surface area contributed by atoms with Gasteiger partial charge in [0.05, 0.1) is 4.90 Å². The minimum atomic E-state index is -3.72. The second kappa shape index (κ2) is 4.50. The van der Waals surface area contributed by atoms with Crippen LogP contribution in [0, 0.1) is 13.8 Å². The van der Waals surface area contributed by atoms with E-state index in [4.69, 9.17) is 5.73 Å². The van der Waals surface area contributed by atoms with Gasteiger partial charge in [0.15, 0.2) is 0 Å². The Morgan fingerprint density at radius 2 is 2.06 bits per heavy atom. The van der Waals surface area contributed by atoms with Crippen molar-refractivity contribution in [3.63, 3.8) is 0 Å². The first-order chi connectivity index (χ1) is 8.40. The highest BCUT2D eigenvalue weighted by molar-refractivity contribution is 7.93. The zero-order chi connectivity index (χ0) is 13.3. The zero-order valence-electron chi connectivity index (χ0n) is 9.71. The normalized spacial score (nSPS) is 11.4. The van der Waals surface area contributed by atoms with Gasteiger partial charge in [-0.15, -0.1) is 0 Å². The Balaban J connectivity index is 2.48. The van der Waals surface area contributed by atoms with Gasteiger partial charge in [-0.2, -0.15) is 0 Å². The molecule has 96 valence electrons. The van der Waals surface area contributed by atoms with E-state index in [9.17, 15) is 8.42 Å². The molecule has 0 saturated carbocycles. The van der Waals surface area contributed by atoms with E-state index in [0.29, 0.717) is 11.3 Å². The molecule has 0 spiro atoms.